The van der Waals surface area contributed by atoms with Gasteiger partial charge in [0.2, 0.25) is 5.89 Å². The largest absolute Gasteiger partial charge is 0.338 e. The number of nitrogens with two attached hydrogens (primary N) is 1. The van der Waals surface area contributed by atoms with Crippen LogP contribution in [0.2, 0.25) is 0 Å². The van der Waals surface area contributed by atoms with Crippen LogP contribution in [0.4, 0.5) is 0 Å². The number of hydrogen-bond donors (Lipinski definition) is 1. The van der Waals surface area contributed by atoms with E-state index in [1.54, 1.807) is 0 Å². The SMILES string of the molecule is CCC1(CC)CCN(Cc2noc(CN)n2)C1. The van der Waals surface area contributed by atoms with Crippen molar-refractivity contribution < 1.29 is 4.52 Å². The van der Waals surface area contributed by atoms with Crippen molar-refractivity contribution in [3.8, 4) is 0 Å². The molecule has 2 N–H and O–H groups in total. The average molecular weight is 238 g/mol. The van der Waals surface area contributed by atoms with Crippen LogP contribution in [0.15, 0.2) is 4.52 Å². The van der Waals surface area contributed by atoms with Crippen LogP contribution < -0.4 is 5.73 Å². The molecular weight excluding hydrogens is 216 g/mol. The van der Waals surface area contributed by atoms with Crippen molar-refractivity contribution in [1.82, 2.24) is 15.0 Å². The lowest BCUT2D eigenvalue weighted by Crippen LogP contribution is -2.26. The highest BCUT2D eigenvalue weighted by Gasteiger charge is 2.35. The van der Waals surface area contributed by atoms with Crippen molar-refractivity contribution >= 4 is 0 Å². The van der Waals surface area contributed by atoms with E-state index in [2.05, 4.69) is 28.9 Å². The molecule has 5 heteroatoms. The summed E-state index contributed by atoms with van der Waals surface area (Å²) in [6, 6.07) is 0. The molecule has 0 amide bonds. The minimum Gasteiger partial charge on any atom is -0.338 e. The Morgan fingerprint density at radius 3 is 2.71 bits per heavy atom. The first-order chi connectivity index (χ1) is 8.21. The van der Waals surface area contributed by atoms with Crippen LogP contribution in [0, 0.1) is 5.41 Å². The minimum atomic E-state index is 0.320. The highest BCUT2D eigenvalue weighted by molar-refractivity contribution is 4.92. The Morgan fingerprint density at radius 1 is 1.41 bits per heavy atom. The maximum Gasteiger partial charge on any atom is 0.240 e. The molecule has 0 aliphatic carbocycles. The first kappa shape index (κ1) is 12.5. The molecule has 96 valence electrons. The van der Waals surface area contributed by atoms with Gasteiger partial charge in [-0.3, -0.25) is 4.90 Å². The molecule has 0 radical (unpaired) electrons. The average Bonchev–Trinajstić information content (AvgIpc) is 2.97. The number of nitrogens with zero attached hydrogens (tertiary/aromatic N) is 3. The van der Waals surface area contributed by atoms with E-state index in [1.807, 2.05) is 0 Å². The quantitative estimate of drug-likeness (QED) is 0.842. The summed E-state index contributed by atoms with van der Waals surface area (Å²) < 4.78 is 5.02. The van der Waals surface area contributed by atoms with E-state index in [0.29, 0.717) is 17.9 Å². The Labute approximate surface area is 102 Å². The second-order valence-electron chi connectivity index (χ2n) is 4.98. The predicted octanol–water partition coefficient (Wildman–Crippen LogP) is 1.54. The van der Waals surface area contributed by atoms with Gasteiger partial charge in [0, 0.05) is 6.54 Å². The summed E-state index contributed by atoms with van der Waals surface area (Å²) in [6.07, 6.45) is 3.78. The lowest BCUT2D eigenvalue weighted by atomic mass is 9.82. The standard InChI is InChI=1S/C12H22N4O/c1-3-12(4-2)5-6-16(9-12)8-10-14-11(7-13)17-15-10/h3-9,13H2,1-2H3. The van der Waals surface area contributed by atoms with Crippen molar-refractivity contribution in [3.63, 3.8) is 0 Å². The lowest BCUT2D eigenvalue weighted by molar-refractivity contribution is 0.231. The van der Waals surface area contributed by atoms with E-state index in [9.17, 15) is 0 Å². The van der Waals surface area contributed by atoms with Crippen LogP contribution in [0.1, 0.15) is 44.8 Å². The summed E-state index contributed by atoms with van der Waals surface area (Å²) in [6.45, 7) is 7.95. The normalized spacial score (nSPS) is 19.9. The zero-order valence-corrected chi connectivity index (χ0v) is 10.8. The molecule has 1 aromatic heterocycles. The van der Waals surface area contributed by atoms with Crippen LogP contribution in [0.3, 0.4) is 0 Å². The molecule has 1 fully saturated rings. The Hall–Kier alpha value is -0.940. The monoisotopic (exact) mass is 238 g/mol. The number of hydrogen-bond acceptors (Lipinski definition) is 5. The van der Waals surface area contributed by atoms with Crippen molar-refractivity contribution in [3.05, 3.63) is 11.7 Å². The zero-order valence-electron chi connectivity index (χ0n) is 10.8. The fraction of sp³-hybridized carbons (Fsp3) is 0.833. The summed E-state index contributed by atoms with van der Waals surface area (Å²) >= 11 is 0. The smallest absolute Gasteiger partial charge is 0.240 e. The molecule has 2 rings (SSSR count). The van der Waals surface area contributed by atoms with Gasteiger partial charge in [-0.1, -0.05) is 19.0 Å². The molecule has 0 bridgehead atoms. The lowest BCUT2D eigenvalue weighted by Gasteiger charge is -2.26. The number of likely N-dealkylation sites (tertiary alicyclic amines) is 1. The van der Waals surface area contributed by atoms with Gasteiger partial charge in [0.1, 0.15) is 0 Å². The van der Waals surface area contributed by atoms with Crippen LogP contribution in [0.25, 0.3) is 0 Å². The van der Waals surface area contributed by atoms with Gasteiger partial charge in [0.05, 0.1) is 13.1 Å². The Bertz CT molecular complexity index is 359. The topological polar surface area (TPSA) is 68.2 Å². The molecule has 0 unspecified atom stereocenters. The van der Waals surface area contributed by atoms with Gasteiger partial charge in [-0.25, -0.2) is 0 Å². The molecule has 1 saturated heterocycles. The third-order valence-corrected chi connectivity index (χ3v) is 4.07. The Balaban J connectivity index is 1.93. The van der Waals surface area contributed by atoms with Crippen molar-refractivity contribution in [2.45, 2.75) is 46.2 Å². The molecule has 1 aromatic rings. The number of rotatable bonds is 5. The van der Waals surface area contributed by atoms with Gasteiger partial charge in [-0.05, 0) is 31.2 Å². The first-order valence-corrected chi connectivity index (χ1v) is 6.45. The predicted molar refractivity (Wildman–Crippen MR) is 65.1 cm³/mol. The van der Waals surface area contributed by atoms with E-state index in [0.717, 1.165) is 25.5 Å². The van der Waals surface area contributed by atoms with Crippen LogP contribution in [-0.4, -0.2) is 28.1 Å². The molecule has 0 saturated carbocycles. The van der Waals surface area contributed by atoms with Crippen molar-refractivity contribution in [2.24, 2.45) is 11.1 Å². The van der Waals surface area contributed by atoms with E-state index in [1.165, 1.54) is 19.3 Å². The molecular formula is C12H22N4O. The van der Waals surface area contributed by atoms with Crippen molar-refractivity contribution in [1.29, 1.82) is 0 Å². The molecule has 2 heterocycles. The molecule has 0 spiro atoms. The second kappa shape index (κ2) is 5.14. The minimum absolute atomic E-state index is 0.320. The van der Waals surface area contributed by atoms with Gasteiger partial charge < -0.3 is 10.3 Å². The van der Waals surface area contributed by atoms with Crippen LogP contribution >= 0.6 is 0 Å². The second-order valence-corrected chi connectivity index (χ2v) is 4.98. The van der Waals surface area contributed by atoms with Crippen molar-refractivity contribution in [2.75, 3.05) is 13.1 Å². The van der Waals surface area contributed by atoms with Crippen LogP contribution in [-0.2, 0) is 13.1 Å². The number of aromatic nitrogens is 2. The zero-order chi connectivity index (χ0) is 12.3. The van der Waals surface area contributed by atoms with E-state index in [4.69, 9.17) is 10.3 Å². The fourth-order valence-corrected chi connectivity index (χ4v) is 2.63. The molecule has 0 atom stereocenters. The molecule has 1 aliphatic heterocycles. The fourth-order valence-electron chi connectivity index (χ4n) is 2.63. The summed E-state index contributed by atoms with van der Waals surface area (Å²) in [5.74, 6) is 1.28. The highest BCUT2D eigenvalue weighted by atomic mass is 16.5. The Morgan fingerprint density at radius 2 is 2.18 bits per heavy atom. The van der Waals surface area contributed by atoms with Gasteiger partial charge in [-0.2, -0.15) is 4.98 Å². The highest BCUT2D eigenvalue weighted by Crippen LogP contribution is 2.37. The van der Waals surface area contributed by atoms with Gasteiger partial charge >= 0.3 is 0 Å². The molecule has 17 heavy (non-hydrogen) atoms. The van der Waals surface area contributed by atoms with E-state index in [-0.39, 0.29) is 0 Å². The van der Waals surface area contributed by atoms with Gasteiger partial charge in [-0.15, -0.1) is 0 Å². The molecule has 1 aliphatic rings. The first-order valence-electron chi connectivity index (χ1n) is 6.45. The third-order valence-electron chi connectivity index (χ3n) is 4.07. The molecule has 5 nitrogen and oxygen atoms in total. The summed E-state index contributed by atoms with van der Waals surface area (Å²) in [5, 5.41) is 3.94. The summed E-state index contributed by atoms with van der Waals surface area (Å²) in [4.78, 5) is 6.66. The maximum atomic E-state index is 5.45. The van der Waals surface area contributed by atoms with E-state index >= 15 is 0 Å². The van der Waals surface area contributed by atoms with E-state index < -0.39 is 0 Å². The molecule has 0 aromatic carbocycles. The maximum absolute atomic E-state index is 5.45. The summed E-state index contributed by atoms with van der Waals surface area (Å²) in [7, 11) is 0. The van der Waals surface area contributed by atoms with Crippen LogP contribution in [0.5, 0.6) is 0 Å². The Kier molecular flexibility index (Phi) is 3.79. The summed E-state index contributed by atoms with van der Waals surface area (Å²) in [5.41, 5.74) is 5.95. The third kappa shape index (κ3) is 2.66. The van der Waals surface area contributed by atoms with Gasteiger partial charge in [0.15, 0.2) is 5.82 Å². The van der Waals surface area contributed by atoms with Gasteiger partial charge in [0.25, 0.3) is 0 Å².